The number of likely N-dealkylation sites (tertiary alicyclic amines) is 1. The van der Waals surface area contributed by atoms with Crippen molar-refractivity contribution in [3.05, 3.63) is 0 Å². The lowest BCUT2D eigenvalue weighted by Gasteiger charge is -2.34. The van der Waals surface area contributed by atoms with E-state index in [2.05, 4.69) is 12.3 Å². The minimum absolute atomic E-state index is 0.121. The zero-order valence-electron chi connectivity index (χ0n) is 14.4. The normalized spacial score (nSPS) is 18.8. The molecule has 3 N–H and O–H groups in total. The summed E-state index contributed by atoms with van der Waals surface area (Å²) in [5, 5.41) is 0. The monoisotopic (exact) mass is 311 g/mol. The second kappa shape index (κ2) is 9.82. The summed E-state index contributed by atoms with van der Waals surface area (Å²) in [6, 6.07) is 0. The van der Waals surface area contributed by atoms with Gasteiger partial charge in [-0.3, -0.25) is 15.0 Å². The molecule has 0 aromatic carbocycles. The van der Waals surface area contributed by atoms with Crippen LogP contribution in [0.25, 0.3) is 0 Å². The molecule has 2 amide bonds. The molecule has 1 saturated heterocycles. The van der Waals surface area contributed by atoms with Crippen molar-refractivity contribution >= 4 is 11.8 Å². The molecule has 1 rings (SSSR count). The molecule has 0 radical (unpaired) electrons. The number of nitrogens with two attached hydrogens (primary N) is 1. The highest BCUT2D eigenvalue weighted by Crippen LogP contribution is 2.25. The van der Waals surface area contributed by atoms with E-state index < -0.39 is 0 Å². The fourth-order valence-corrected chi connectivity index (χ4v) is 3.32. The topological polar surface area (TPSA) is 75.4 Å². The van der Waals surface area contributed by atoms with E-state index in [0.29, 0.717) is 6.42 Å². The molecular formula is C17H33N3O2. The summed E-state index contributed by atoms with van der Waals surface area (Å²) in [6.45, 7) is 7.70. The Morgan fingerprint density at radius 3 is 2.36 bits per heavy atom. The molecule has 128 valence electrons. The number of unbranched alkanes of at least 4 members (excludes halogenated alkanes) is 2. The van der Waals surface area contributed by atoms with Crippen LogP contribution in [0, 0.1) is 17.8 Å². The van der Waals surface area contributed by atoms with Crippen molar-refractivity contribution in [2.75, 3.05) is 13.1 Å². The first kappa shape index (κ1) is 18.9. The lowest BCUT2D eigenvalue weighted by Crippen LogP contribution is -2.42. The molecule has 1 fully saturated rings. The van der Waals surface area contributed by atoms with Gasteiger partial charge in [0.15, 0.2) is 0 Å². The fourth-order valence-electron chi connectivity index (χ4n) is 3.32. The third-order valence-electron chi connectivity index (χ3n) is 4.86. The molecule has 1 aliphatic heterocycles. The molecule has 0 spiro atoms. The average molecular weight is 311 g/mol. The van der Waals surface area contributed by atoms with Gasteiger partial charge in [0.1, 0.15) is 0 Å². The summed E-state index contributed by atoms with van der Waals surface area (Å²) >= 11 is 0. The lowest BCUT2D eigenvalue weighted by molar-refractivity contribution is -0.137. The van der Waals surface area contributed by atoms with Gasteiger partial charge >= 0.3 is 0 Å². The number of hydrazine groups is 1. The molecule has 1 aliphatic rings. The highest BCUT2D eigenvalue weighted by Gasteiger charge is 2.27. The largest absolute Gasteiger partial charge is 0.342 e. The fraction of sp³-hybridized carbons (Fsp3) is 0.882. The van der Waals surface area contributed by atoms with Crippen LogP contribution in [-0.2, 0) is 9.59 Å². The zero-order valence-corrected chi connectivity index (χ0v) is 14.4. The van der Waals surface area contributed by atoms with Gasteiger partial charge in [0, 0.05) is 24.9 Å². The van der Waals surface area contributed by atoms with Crippen LogP contribution in [0.1, 0.15) is 65.7 Å². The third kappa shape index (κ3) is 5.95. The molecule has 0 aromatic rings. The first-order chi connectivity index (χ1) is 10.5. The van der Waals surface area contributed by atoms with Crippen LogP contribution in [0.2, 0.25) is 0 Å². The van der Waals surface area contributed by atoms with Crippen LogP contribution >= 0.6 is 0 Å². The number of carbonyl (C=O) groups is 2. The predicted octanol–water partition coefficient (Wildman–Crippen LogP) is 2.46. The second-order valence-corrected chi connectivity index (χ2v) is 6.81. The summed E-state index contributed by atoms with van der Waals surface area (Å²) in [5.41, 5.74) is 2.15. The maximum Gasteiger partial charge on any atom is 0.236 e. The smallest absolute Gasteiger partial charge is 0.236 e. The minimum atomic E-state index is -0.226. The van der Waals surface area contributed by atoms with Crippen molar-refractivity contribution in [1.82, 2.24) is 10.3 Å². The van der Waals surface area contributed by atoms with Gasteiger partial charge in [-0.15, -0.1) is 0 Å². The molecule has 0 saturated carbocycles. The van der Waals surface area contributed by atoms with Gasteiger partial charge in [-0.1, -0.05) is 46.5 Å². The van der Waals surface area contributed by atoms with Crippen molar-refractivity contribution in [3.8, 4) is 0 Å². The van der Waals surface area contributed by atoms with E-state index in [4.69, 9.17) is 5.84 Å². The van der Waals surface area contributed by atoms with Crippen molar-refractivity contribution in [1.29, 1.82) is 0 Å². The molecule has 0 aliphatic carbocycles. The predicted molar refractivity (Wildman–Crippen MR) is 88.7 cm³/mol. The standard InChI is InChI=1S/C17H33N3O2/c1-4-5-6-7-15-8-10-20(11-9-15)17(22)14(3)12-13(2)16(21)19-18/h13-15H,4-12,18H2,1-3H3,(H,19,21). The Kier molecular flexibility index (Phi) is 8.46. The van der Waals surface area contributed by atoms with Gasteiger partial charge in [-0.25, -0.2) is 5.84 Å². The van der Waals surface area contributed by atoms with E-state index >= 15 is 0 Å². The average Bonchev–Trinajstić information content (AvgIpc) is 2.54. The van der Waals surface area contributed by atoms with E-state index in [-0.39, 0.29) is 23.7 Å². The number of hydrogen-bond acceptors (Lipinski definition) is 3. The number of amides is 2. The van der Waals surface area contributed by atoms with Crippen molar-refractivity contribution in [2.45, 2.75) is 65.7 Å². The summed E-state index contributed by atoms with van der Waals surface area (Å²) in [5.74, 6) is 5.56. The summed E-state index contributed by atoms with van der Waals surface area (Å²) in [6.07, 6.45) is 8.01. The second-order valence-electron chi connectivity index (χ2n) is 6.81. The SMILES string of the molecule is CCCCCC1CCN(C(=O)C(C)CC(C)C(=O)NN)CC1. The van der Waals surface area contributed by atoms with Crippen LogP contribution in [0.3, 0.4) is 0 Å². The Labute approximate surface area is 135 Å². The Balaban J connectivity index is 2.33. The Bertz CT molecular complexity index is 352. The maximum atomic E-state index is 12.5. The number of nitrogens with one attached hydrogen (secondary N) is 1. The Morgan fingerprint density at radius 1 is 1.18 bits per heavy atom. The molecule has 5 nitrogen and oxygen atoms in total. The van der Waals surface area contributed by atoms with Crippen molar-refractivity contribution < 1.29 is 9.59 Å². The van der Waals surface area contributed by atoms with Crippen molar-refractivity contribution in [3.63, 3.8) is 0 Å². The molecule has 0 bridgehead atoms. The number of hydrogen-bond donors (Lipinski definition) is 2. The first-order valence-electron chi connectivity index (χ1n) is 8.78. The van der Waals surface area contributed by atoms with Gasteiger partial charge in [0.05, 0.1) is 0 Å². The molecule has 5 heteroatoms. The van der Waals surface area contributed by atoms with Gasteiger partial charge in [0.25, 0.3) is 0 Å². The van der Waals surface area contributed by atoms with Crippen LogP contribution in [0.5, 0.6) is 0 Å². The Morgan fingerprint density at radius 2 is 1.82 bits per heavy atom. The molecule has 2 unspecified atom stereocenters. The van der Waals surface area contributed by atoms with Crippen LogP contribution in [0.15, 0.2) is 0 Å². The van der Waals surface area contributed by atoms with Gasteiger partial charge in [0.2, 0.25) is 11.8 Å². The molecule has 2 atom stereocenters. The highest BCUT2D eigenvalue weighted by atomic mass is 16.2. The lowest BCUT2D eigenvalue weighted by atomic mass is 9.90. The number of piperidine rings is 1. The number of carbonyl (C=O) groups excluding carboxylic acids is 2. The van der Waals surface area contributed by atoms with E-state index in [1.54, 1.807) is 0 Å². The van der Waals surface area contributed by atoms with E-state index in [0.717, 1.165) is 31.8 Å². The molecular weight excluding hydrogens is 278 g/mol. The summed E-state index contributed by atoms with van der Waals surface area (Å²) < 4.78 is 0. The summed E-state index contributed by atoms with van der Waals surface area (Å²) in [4.78, 5) is 25.9. The molecule has 0 aromatic heterocycles. The molecule has 1 heterocycles. The maximum absolute atomic E-state index is 12.5. The third-order valence-corrected chi connectivity index (χ3v) is 4.86. The minimum Gasteiger partial charge on any atom is -0.342 e. The van der Waals surface area contributed by atoms with Crippen LogP contribution in [0.4, 0.5) is 0 Å². The number of rotatable bonds is 8. The van der Waals surface area contributed by atoms with E-state index in [1.165, 1.54) is 25.7 Å². The van der Waals surface area contributed by atoms with E-state index in [9.17, 15) is 9.59 Å². The highest BCUT2D eigenvalue weighted by molar-refractivity contribution is 5.81. The Hall–Kier alpha value is -1.10. The summed E-state index contributed by atoms with van der Waals surface area (Å²) in [7, 11) is 0. The van der Waals surface area contributed by atoms with Crippen LogP contribution < -0.4 is 11.3 Å². The van der Waals surface area contributed by atoms with Gasteiger partial charge in [-0.05, 0) is 25.2 Å². The van der Waals surface area contributed by atoms with Gasteiger partial charge in [-0.2, -0.15) is 0 Å². The molecule has 22 heavy (non-hydrogen) atoms. The van der Waals surface area contributed by atoms with Crippen LogP contribution in [-0.4, -0.2) is 29.8 Å². The number of nitrogens with zero attached hydrogens (tertiary/aromatic N) is 1. The van der Waals surface area contributed by atoms with Crippen molar-refractivity contribution in [2.24, 2.45) is 23.6 Å². The quantitative estimate of drug-likeness (QED) is 0.313. The zero-order chi connectivity index (χ0) is 16.5. The first-order valence-corrected chi connectivity index (χ1v) is 8.78. The van der Waals surface area contributed by atoms with E-state index in [1.807, 2.05) is 18.7 Å². The van der Waals surface area contributed by atoms with Gasteiger partial charge < -0.3 is 4.90 Å².